The fraction of sp³-hybridized carbons (Fsp3) is 0.222. The molecule has 0 aliphatic rings. The van der Waals surface area contributed by atoms with Gasteiger partial charge in [0, 0.05) is 36.8 Å². The van der Waals surface area contributed by atoms with E-state index in [-0.39, 0.29) is 13.2 Å². The van der Waals surface area contributed by atoms with Gasteiger partial charge < -0.3 is 25.8 Å². The van der Waals surface area contributed by atoms with Crippen molar-refractivity contribution in [2.45, 2.75) is 25.6 Å². The Morgan fingerprint density at radius 1 is 1.03 bits per heavy atom. The van der Waals surface area contributed by atoms with Gasteiger partial charge in [-0.05, 0) is 42.3 Å². The van der Waals surface area contributed by atoms with Crippen molar-refractivity contribution >= 4 is 34.7 Å². The van der Waals surface area contributed by atoms with Crippen LogP contribution in [0, 0.1) is 0 Å². The first-order valence-electron chi connectivity index (χ1n) is 12.1. The average molecular weight is 517 g/mol. The zero-order valence-electron chi connectivity index (χ0n) is 20.5. The van der Waals surface area contributed by atoms with E-state index in [1.807, 2.05) is 28.9 Å². The number of rotatable bonds is 12. The zero-order valence-corrected chi connectivity index (χ0v) is 20.5. The number of pyridine rings is 1. The number of carbonyl (C=O) groups excluding carboxylic acids is 2. The number of aliphatic carboxylic acids is 1. The van der Waals surface area contributed by atoms with Gasteiger partial charge in [-0.25, -0.2) is 14.6 Å². The van der Waals surface area contributed by atoms with Crippen LogP contribution in [0.4, 0.5) is 10.6 Å². The minimum atomic E-state index is -1.35. The molecule has 0 bridgehead atoms. The molecule has 2 amide bonds. The average Bonchev–Trinajstić information content (AvgIpc) is 3.35. The van der Waals surface area contributed by atoms with Crippen molar-refractivity contribution in [3.05, 3.63) is 90.3 Å². The summed E-state index contributed by atoms with van der Waals surface area (Å²) in [6.45, 7) is 1.10. The summed E-state index contributed by atoms with van der Waals surface area (Å²) in [6.07, 6.45) is 3.35. The highest BCUT2D eigenvalue weighted by molar-refractivity contribution is 5.98. The van der Waals surface area contributed by atoms with Crippen molar-refractivity contribution < 1.29 is 24.2 Å². The van der Waals surface area contributed by atoms with E-state index in [1.165, 1.54) is 0 Å². The first-order chi connectivity index (χ1) is 18.5. The van der Waals surface area contributed by atoms with Crippen LogP contribution in [0.1, 0.15) is 22.3 Å². The second-order valence-corrected chi connectivity index (χ2v) is 8.44. The number of hydrogen-bond acceptors (Lipinski definition) is 7. The smallest absolute Gasteiger partial charge is 0.408 e. The van der Waals surface area contributed by atoms with Gasteiger partial charge in [0.05, 0.1) is 11.7 Å². The highest BCUT2D eigenvalue weighted by atomic mass is 16.5. The van der Waals surface area contributed by atoms with Crippen molar-refractivity contribution in [2.24, 2.45) is 0 Å². The van der Waals surface area contributed by atoms with Crippen molar-refractivity contribution in [3.8, 4) is 0 Å². The van der Waals surface area contributed by atoms with Crippen LogP contribution < -0.4 is 16.0 Å². The van der Waals surface area contributed by atoms with Crippen LogP contribution in [0.15, 0.2) is 79.1 Å². The third-order valence-electron chi connectivity index (χ3n) is 5.69. The normalized spacial score (nSPS) is 11.5. The zero-order chi connectivity index (χ0) is 26.7. The third-order valence-corrected chi connectivity index (χ3v) is 5.69. The fourth-order valence-electron chi connectivity index (χ4n) is 3.72. The van der Waals surface area contributed by atoms with Gasteiger partial charge in [-0.1, -0.05) is 36.4 Å². The molecule has 38 heavy (non-hydrogen) atoms. The number of nitrogens with zero attached hydrogens (tertiary/aromatic N) is 3. The summed E-state index contributed by atoms with van der Waals surface area (Å²) >= 11 is 0. The molecule has 0 fully saturated rings. The molecule has 4 N–H and O–H groups in total. The summed E-state index contributed by atoms with van der Waals surface area (Å²) in [5, 5.41) is 22.7. The minimum absolute atomic E-state index is 0.000184. The molecule has 0 saturated heterocycles. The van der Waals surface area contributed by atoms with Crippen LogP contribution in [0.2, 0.25) is 0 Å². The number of ether oxygens (including phenoxy) is 1. The highest BCUT2D eigenvalue weighted by Crippen LogP contribution is 2.16. The summed E-state index contributed by atoms with van der Waals surface area (Å²) in [6, 6.07) is 18.5. The SMILES string of the molecule is O=C(NC(CNC(=O)c1ccc2c(cnn2CCCNc2ccccn2)c1)C(=O)O)OCc1ccccc1. The first-order valence-corrected chi connectivity index (χ1v) is 12.1. The van der Waals surface area contributed by atoms with E-state index in [0.717, 1.165) is 35.2 Å². The molecule has 0 aliphatic carbocycles. The number of carboxylic acids is 1. The van der Waals surface area contributed by atoms with Gasteiger partial charge in [-0.15, -0.1) is 0 Å². The molecule has 2 heterocycles. The predicted molar refractivity (Wildman–Crippen MR) is 141 cm³/mol. The van der Waals surface area contributed by atoms with Gasteiger partial charge >= 0.3 is 12.1 Å². The maximum absolute atomic E-state index is 12.7. The molecule has 1 unspecified atom stereocenters. The number of carbonyl (C=O) groups is 3. The first kappa shape index (κ1) is 26.1. The second kappa shape index (κ2) is 12.9. The number of amides is 2. The van der Waals surface area contributed by atoms with E-state index < -0.39 is 24.0 Å². The molecule has 0 radical (unpaired) electrons. The van der Waals surface area contributed by atoms with Crippen molar-refractivity contribution in [3.63, 3.8) is 0 Å². The van der Waals surface area contributed by atoms with E-state index in [4.69, 9.17) is 4.74 Å². The molecule has 2 aromatic heterocycles. The van der Waals surface area contributed by atoms with E-state index in [9.17, 15) is 19.5 Å². The summed E-state index contributed by atoms with van der Waals surface area (Å²) in [4.78, 5) is 40.5. The Bertz CT molecular complexity index is 1380. The fourth-order valence-corrected chi connectivity index (χ4v) is 3.72. The standard InChI is InChI=1S/C27H28N6O5/c34-25(30-17-22(26(35)36)32-27(37)38-18-19-7-2-1-3-8-19)20-10-11-23-21(15-20)16-31-33(23)14-6-13-29-24-9-4-5-12-28-24/h1-5,7-12,15-16,22H,6,13-14,17-18H2,(H,28,29)(H,30,34)(H,32,37)(H,35,36). The third kappa shape index (κ3) is 7.29. The summed E-state index contributed by atoms with van der Waals surface area (Å²) in [5.74, 6) is -0.945. The Kier molecular flexibility index (Phi) is 8.85. The van der Waals surface area contributed by atoms with Crippen LogP contribution in [-0.4, -0.2) is 57.0 Å². The minimum Gasteiger partial charge on any atom is -0.480 e. The summed E-state index contributed by atoms with van der Waals surface area (Å²) in [7, 11) is 0. The lowest BCUT2D eigenvalue weighted by Gasteiger charge is -2.15. The number of anilines is 1. The maximum Gasteiger partial charge on any atom is 0.408 e. The lowest BCUT2D eigenvalue weighted by molar-refractivity contribution is -0.139. The van der Waals surface area contributed by atoms with E-state index in [1.54, 1.807) is 54.9 Å². The molecule has 11 heteroatoms. The maximum atomic E-state index is 12.7. The van der Waals surface area contributed by atoms with Crippen LogP contribution in [0.25, 0.3) is 10.9 Å². The van der Waals surface area contributed by atoms with Crippen LogP contribution >= 0.6 is 0 Å². The molecule has 0 aliphatic heterocycles. The van der Waals surface area contributed by atoms with Gasteiger partial charge in [0.2, 0.25) is 0 Å². The van der Waals surface area contributed by atoms with Gasteiger partial charge in [-0.3, -0.25) is 9.48 Å². The Morgan fingerprint density at radius 3 is 2.61 bits per heavy atom. The van der Waals surface area contributed by atoms with Gasteiger partial charge in [0.25, 0.3) is 5.91 Å². The van der Waals surface area contributed by atoms with E-state index in [2.05, 4.69) is 26.0 Å². The Hall–Kier alpha value is -4.93. The van der Waals surface area contributed by atoms with Crippen molar-refractivity contribution in [1.82, 2.24) is 25.4 Å². The van der Waals surface area contributed by atoms with E-state index >= 15 is 0 Å². The molecule has 0 saturated carbocycles. The molecule has 4 rings (SSSR count). The number of fused-ring (bicyclic) bond motifs is 1. The molecule has 4 aromatic rings. The molecular weight excluding hydrogens is 488 g/mol. The molecule has 0 spiro atoms. The topological polar surface area (TPSA) is 147 Å². The number of nitrogens with one attached hydrogen (secondary N) is 3. The number of aryl methyl sites for hydroxylation is 1. The molecule has 11 nitrogen and oxygen atoms in total. The number of aromatic nitrogens is 3. The number of benzene rings is 2. The summed E-state index contributed by atoms with van der Waals surface area (Å²) < 4.78 is 6.93. The lowest BCUT2D eigenvalue weighted by atomic mass is 10.1. The molecular formula is C27H28N6O5. The van der Waals surface area contributed by atoms with Gasteiger partial charge in [-0.2, -0.15) is 5.10 Å². The molecule has 2 aromatic carbocycles. The number of carboxylic acid groups (broad SMARTS) is 1. The highest BCUT2D eigenvalue weighted by Gasteiger charge is 2.22. The van der Waals surface area contributed by atoms with Crippen LogP contribution in [0.3, 0.4) is 0 Å². The number of alkyl carbamates (subject to hydrolysis) is 1. The largest absolute Gasteiger partial charge is 0.480 e. The predicted octanol–water partition coefficient (Wildman–Crippen LogP) is 3.04. The molecule has 1 atom stereocenters. The Balaban J connectivity index is 1.26. The Morgan fingerprint density at radius 2 is 1.84 bits per heavy atom. The Labute approximate surface area is 218 Å². The lowest BCUT2D eigenvalue weighted by Crippen LogP contribution is -2.48. The number of hydrogen-bond donors (Lipinski definition) is 4. The molecule has 196 valence electrons. The van der Waals surface area contributed by atoms with E-state index in [0.29, 0.717) is 12.1 Å². The van der Waals surface area contributed by atoms with Crippen LogP contribution in [-0.2, 0) is 22.7 Å². The van der Waals surface area contributed by atoms with Crippen molar-refractivity contribution in [1.29, 1.82) is 0 Å². The van der Waals surface area contributed by atoms with Crippen LogP contribution in [0.5, 0.6) is 0 Å². The quantitative estimate of drug-likeness (QED) is 0.210. The second-order valence-electron chi connectivity index (χ2n) is 8.44. The van der Waals surface area contributed by atoms with Crippen molar-refractivity contribution in [2.75, 3.05) is 18.4 Å². The summed E-state index contributed by atoms with van der Waals surface area (Å²) in [5.41, 5.74) is 2.00. The van der Waals surface area contributed by atoms with Gasteiger partial charge in [0.15, 0.2) is 0 Å². The monoisotopic (exact) mass is 516 g/mol. The van der Waals surface area contributed by atoms with Gasteiger partial charge in [0.1, 0.15) is 18.5 Å².